The lowest BCUT2D eigenvalue weighted by Gasteiger charge is -2.53. The summed E-state index contributed by atoms with van der Waals surface area (Å²) in [6.07, 6.45) is 1.81. The molecule has 30 heavy (non-hydrogen) atoms. The SMILES string of the molecule is Cc1ccc(N2C(=O)N(C(=O)c3ccco3)C3CC2(C)Oc2ccc(Cl)cc23)cc1. The average molecular weight is 423 g/mol. The number of carbonyl (C=O) groups excluding carboxylic acids is 2. The number of aryl methyl sites for hydroxylation is 1. The molecule has 0 radical (unpaired) electrons. The minimum absolute atomic E-state index is 0.103. The van der Waals surface area contributed by atoms with Gasteiger partial charge in [0.1, 0.15) is 5.75 Å². The number of anilines is 1. The number of rotatable bonds is 2. The molecule has 1 saturated heterocycles. The second-order valence-corrected chi connectivity index (χ2v) is 8.22. The summed E-state index contributed by atoms with van der Waals surface area (Å²) in [5.74, 6) is 0.202. The van der Waals surface area contributed by atoms with Crippen molar-refractivity contribution < 1.29 is 18.7 Å². The van der Waals surface area contributed by atoms with Crippen LogP contribution < -0.4 is 9.64 Å². The first kappa shape index (κ1) is 18.8. The van der Waals surface area contributed by atoms with Crippen LogP contribution in [-0.4, -0.2) is 22.6 Å². The predicted molar refractivity (Wildman–Crippen MR) is 112 cm³/mol. The molecular formula is C23H19ClN2O4. The van der Waals surface area contributed by atoms with E-state index in [1.54, 1.807) is 35.2 Å². The fourth-order valence-corrected chi connectivity index (χ4v) is 4.44. The number of hydrogen-bond donors (Lipinski definition) is 0. The zero-order chi connectivity index (χ0) is 21.0. The van der Waals surface area contributed by atoms with Gasteiger partial charge in [0.05, 0.1) is 12.3 Å². The number of ether oxygens (including phenoxy) is 1. The van der Waals surface area contributed by atoms with Crippen molar-refractivity contribution in [3.8, 4) is 5.75 Å². The van der Waals surface area contributed by atoms with Crippen molar-refractivity contribution in [3.63, 3.8) is 0 Å². The van der Waals surface area contributed by atoms with Gasteiger partial charge < -0.3 is 9.15 Å². The highest BCUT2D eigenvalue weighted by molar-refractivity contribution is 6.30. The van der Waals surface area contributed by atoms with Crippen LogP contribution in [0.25, 0.3) is 0 Å². The number of halogens is 1. The molecule has 3 heterocycles. The normalized spacial score (nSPS) is 22.5. The van der Waals surface area contributed by atoms with Gasteiger partial charge in [0.2, 0.25) is 0 Å². The molecular weight excluding hydrogens is 404 g/mol. The van der Waals surface area contributed by atoms with Crippen molar-refractivity contribution >= 4 is 29.2 Å². The van der Waals surface area contributed by atoms with Crippen LogP contribution >= 0.6 is 11.6 Å². The number of furan rings is 1. The van der Waals surface area contributed by atoms with Gasteiger partial charge in [-0.2, -0.15) is 0 Å². The standard InChI is InChI=1S/C23H19ClN2O4/c1-14-5-8-16(9-6-14)26-22(28)25(21(27)20-4-3-11-29-20)18-13-23(26,2)30-19-10-7-15(24)12-17(18)19/h3-12,18H,13H2,1-2H3. The number of fused-ring (bicyclic) bond motifs is 4. The van der Waals surface area contributed by atoms with Gasteiger partial charge in [-0.05, 0) is 56.3 Å². The second-order valence-electron chi connectivity index (χ2n) is 7.79. The Morgan fingerprint density at radius 2 is 1.93 bits per heavy atom. The topological polar surface area (TPSA) is 63.0 Å². The number of hydrogen-bond acceptors (Lipinski definition) is 4. The van der Waals surface area contributed by atoms with Crippen LogP contribution in [0, 0.1) is 6.92 Å². The zero-order valence-electron chi connectivity index (χ0n) is 16.5. The number of nitrogens with zero attached hydrogens (tertiary/aromatic N) is 2. The van der Waals surface area contributed by atoms with Gasteiger partial charge in [-0.3, -0.25) is 9.69 Å². The van der Waals surface area contributed by atoms with E-state index in [-0.39, 0.29) is 5.76 Å². The van der Waals surface area contributed by atoms with E-state index >= 15 is 0 Å². The molecule has 2 bridgehead atoms. The van der Waals surface area contributed by atoms with Crippen LogP contribution in [0.15, 0.2) is 65.3 Å². The molecule has 5 rings (SSSR count). The number of imide groups is 1. The molecule has 1 aromatic heterocycles. The Morgan fingerprint density at radius 1 is 1.17 bits per heavy atom. The smallest absolute Gasteiger partial charge is 0.335 e. The van der Waals surface area contributed by atoms with Crippen LogP contribution in [0.5, 0.6) is 5.75 Å². The van der Waals surface area contributed by atoms with E-state index in [0.717, 1.165) is 5.56 Å². The first-order valence-corrected chi connectivity index (χ1v) is 10.0. The molecule has 2 unspecified atom stereocenters. The second kappa shape index (κ2) is 6.64. The fraction of sp³-hybridized carbons (Fsp3) is 0.217. The Kier molecular flexibility index (Phi) is 4.15. The van der Waals surface area contributed by atoms with Crippen molar-refractivity contribution in [2.75, 3.05) is 4.90 Å². The van der Waals surface area contributed by atoms with Crippen molar-refractivity contribution in [1.29, 1.82) is 0 Å². The molecule has 2 aromatic carbocycles. The van der Waals surface area contributed by atoms with Crippen LogP contribution in [0.2, 0.25) is 5.02 Å². The summed E-state index contributed by atoms with van der Waals surface area (Å²) in [6.45, 7) is 3.84. The summed E-state index contributed by atoms with van der Waals surface area (Å²) in [5, 5.41) is 0.514. The summed E-state index contributed by atoms with van der Waals surface area (Å²) < 4.78 is 11.6. The molecule has 2 aliphatic rings. The molecule has 3 aromatic rings. The monoisotopic (exact) mass is 422 g/mol. The minimum atomic E-state index is -0.961. The third-order valence-electron chi connectivity index (χ3n) is 5.66. The maximum absolute atomic E-state index is 13.7. The quantitative estimate of drug-likeness (QED) is 0.542. The number of carbonyl (C=O) groups is 2. The van der Waals surface area contributed by atoms with Gasteiger partial charge in [-0.1, -0.05) is 29.3 Å². The van der Waals surface area contributed by atoms with E-state index < -0.39 is 23.7 Å². The third kappa shape index (κ3) is 2.79. The molecule has 2 atom stereocenters. The Morgan fingerprint density at radius 3 is 2.63 bits per heavy atom. The molecule has 1 fully saturated rings. The summed E-state index contributed by atoms with van der Waals surface area (Å²) in [7, 11) is 0. The molecule has 0 N–H and O–H groups in total. The number of urea groups is 1. The maximum atomic E-state index is 13.7. The summed E-state index contributed by atoms with van der Waals surface area (Å²) >= 11 is 6.22. The van der Waals surface area contributed by atoms with Crippen molar-refractivity contribution in [1.82, 2.24) is 4.90 Å². The van der Waals surface area contributed by atoms with Gasteiger partial charge in [-0.15, -0.1) is 0 Å². The largest absolute Gasteiger partial charge is 0.467 e. The van der Waals surface area contributed by atoms with Crippen molar-refractivity contribution in [2.24, 2.45) is 0 Å². The Bertz CT molecular complexity index is 1140. The van der Waals surface area contributed by atoms with Crippen LogP contribution in [-0.2, 0) is 0 Å². The Labute approximate surface area is 178 Å². The van der Waals surface area contributed by atoms with Gasteiger partial charge in [0.15, 0.2) is 11.5 Å². The lowest BCUT2D eigenvalue weighted by atomic mass is 9.88. The third-order valence-corrected chi connectivity index (χ3v) is 5.89. The lowest BCUT2D eigenvalue weighted by Crippen LogP contribution is -2.67. The first-order chi connectivity index (χ1) is 14.4. The van der Waals surface area contributed by atoms with Gasteiger partial charge in [-0.25, -0.2) is 9.69 Å². The minimum Gasteiger partial charge on any atom is -0.467 e. The molecule has 152 valence electrons. The summed E-state index contributed by atoms with van der Waals surface area (Å²) in [4.78, 5) is 29.8. The zero-order valence-corrected chi connectivity index (χ0v) is 17.2. The highest BCUT2D eigenvalue weighted by Gasteiger charge is 2.55. The van der Waals surface area contributed by atoms with Gasteiger partial charge in [0, 0.05) is 22.7 Å². The van der Waals surface area contributed by atoms with Crippen LogP contribution in [0.1, 0.15) is 41.1 Å². The fourth-order valence-electron chi connectivity index (χ4n) is 4.26. The van der Waals surface area contributed by atoms with E-state index in [4.69, 9.17) is 20.8 Å². The first-order valence-electron chi connectivity index (χ1n) is 9.64. The molecule has 0 saturated carbocycles. The summed E-state index contributed by atoms with van der Waals surface area (Å²) in [5.41, 5.74) is 1.47. The molecule has 3 amide bonds. The Balaban J connectivity index is 1.69. The predicted octanol–water partition coefficient (Wildman–Crippen LogP) is 5.56. The van der Waals surface area contributed by atoms with Crippen LogP contribution in [0.3, 0.4) is 0 Å². The number of amides is 3. The van der Waals surface area contributed by atoms with E-state index in [0.29, 0.717) is 28.4 Å². The lowest BCUT2D eigenvalue weighted by molar-refractivity contribution is 0.00174. The van der Waals surface area contributed by atoms with Crippen molar-refractivity contribution in [3.05, 3.63) is 82.8 Å². The Hall–Kier alpha value is -3.25. The van der Waals surface area contributed by atoms with E-state index in [1.807, 2.05) is 38.1 Å². The highest BCUT2D eigenvalue weighted by Crippen LogP contribution is 2.50. The highest BCUT2D eigenvalue weighted by atomic mass is 35.5. The van der Waals surface area contributed by atoms with Gasteiger partial charge in [0.25, 0.3) is 5.91 Å². The van der Waals surface area contributed by atoms with Crippen LogP contribution in [0.4, 0.5) is 10.5 Å². The summed E-state index contributed by atoms with van der Waals surface area (Å²) in [6, 6.07) is 15.0. The van der Waals surface area contributed by atoms with Gasteiger partial charge >= 0.3 is 6.03 Å². The average Bonchev–Trinajstić information content (AvgIpc) is 3.24. The maximum Gasteiger partial charge on any atom is 0.335 e. The van der Waals surface area contributed by atoms with E-state index in [9.17, 15) is 9.59 Å². The molecule has 0 spiro atoms. The molecule has 7 heteroatoms. The number of benzene rings is 2. The molecule has 2 aliphatic heterocycles. The van der Waals surface area contributed by atoms with Crippen molar-refractivity contribution in [2.45, 2.75) is 32.0 Å². The van der Waals surface area contributed by atoms with E-state index in [1.165, 1.54) is 11.2 Å². The molecule has 0 aliphatic carbocycles. The van der Waals surface area contributed by atoms with E-state index in [2.05, 4.69) is 0 Å². The molecule has 6 nitrogen and oxygen atoms in total.